The molecule has 0 spiro atoms. The van der Waals surface area contributed by atoms with Crippen LogP contribution in [0.4, 0.5) is 0 Å². The Morgan fingerprint density at radius 3 is 1.52 bits per heavy atom. The van der Waals surface area contributed by atoms with Gasteiger partial charge < -0.3 is 24.4 Å². The second kappa shape index (κ2) is 20.0. The van der Waals surface area contributed by atoms with Crippen molar-refractivity contribution < 1.29 is 76.3 Å². The summed E-state index contributed by atoms with van der Waals surface area (Å²) in [6, 6.07) is 13.0. The van der Waals surface area contributed by atoms with Crippen LogP contribution in [0.3, 0.4) is 0 Å². The van der Waals surface area contributed by atoms with Crippen LogP contribution in [0.15, 0.2) is 48.5 Å². The zero-order valence-corrected chi connectivity index (χ0v) is 30.2. The van der Waals surface area contributed by atoms with E-state index in [1.54, 1.807) is 36.4 Å². The van der Waals surface area contributed by atoms with E-state index in [1.165, 1.54) is 19.2 Å². The normalized spacial score (nSPS) is 12.6. The fourth-order valence-corrected chi connectivity index (χ4v) is 3.68. The SMILES string of the molecule is CC(C)(C)OCC[C@@H](O)C(=O)Cc1ccc(C(=O)O)cc1.COC(=O)c1ccc(CC(=O)[C@H](C)CCOC(C)(C)C)cc1.[Y]. The van der Waals surface area contributed by atoms with Gasteiger partial charge in [0.25, 0.3) is 0 Å². The van der Waals surface area contributed by atoms with Gasteiger partial charge in [-0.1, -0.05) is 31.2 Å². The minimum absolute atomic E-state index is 0. The molecular formula is C34H48O9Y. The third-order valence-corrected chi connectivity index (χ3v) is 6.27. The van der Waals surface area contributed by atoms with Crippen LogP contribution in [0.2, 0.25) is 0 Å². The van der Waals surface area contributed by atoms with E-state index in [0.29, 0.717) is 30.8 Å². The Labute approximate surface area is 286 Å². The summed E-state index contributed by atoms with van der Waals surface area (Å²) < 4.78 is 15.8. The predicted octanol–water partition coefficient (Wildman–Crippen LogP) is 5.49. The Morgan fingerprint density at radius 1 is 0.705 bits per heavy atom. The molecule has 0 fully saturated rings. The Balaban J connectivity index is 0.000000823. The van der Waals surface area contributed by atoms with Gasteiger partial charge in [-0.3, -0.25) is 9.59 Å². The molecule has 0 bridgehead atoms. The van der Waals surface area contributed by atoms with Crippen LogP contribution in [0.25, 0.3) is 0 Å². The van der Waals surface area contributed by atoms with Gasteiger partial charge in [-0.15, -0.1) is 0 Å². The van der Waals surface area contributed by atoms with Crippen molar-refractivity contribution in [3.8, 4) is 0 Å². The summed E-state index contributed by atoms with van der Waals surface area (Å²) in [6.07, 6.45) is 0.362. The van der Waals surface area contributed by atoms with E-state index in [-0.39, 0.29) is 85.8 Å². The molecule has 241 valence electrons. The van der Waals surface area contributed by atoms with Gasteiger partial charge in [-0.25, -0.2) is 9.59 Å². The standard InChI is InChI=1S/C18H26O4.C16H22O5.Y/c1-13(10-11-22-18(2,3)4)16(19)12-14-6-8-15(9-7-14)17(20)21-5;1-16(2,3)21-9-8-13(17)14(18)10-11-4-6-12(7-5-11)15(19)20;/h6-9,13H,10-12H2,1-5H3;4-7,13,17H,8-10H2,1-3H3,(H,19,20);/t2*13-;/m11./s1. The number of aromatic carboxylic acids is 1. The van der Waals surface area contributed by atoms with E-state index in [9.17, 15) is 24.3 Å². The molecule has 0 saturated carbocycles. The van der Waals surface area contributed by atoms with Crippen molar-refractivity contribution in [1.29, 1.82) is 0 Å². The minimum atomic E-state index is -1.06. The molecule has 0 saturated heterocycles. The molecule has 0 aliphatic heterocycles. The molecular weight excluding hydrogens is 641 g/mol. The van der Waals surface area contributed by atoms with Crippen LogP contribution < -0.4 is 0 Å². The van der Waals surface area contributed by atoms with E-state index >= 15 is 0 Å². The molecule has 2 aromatic rings. The maximum Gasteiger partial charge on any atom is 0.337 e. The van der Waals surface area contributed by atoms with Gasteiger partial charge in [0.2, 0.25) is 0 Å². The number of benzene rings is 2. The van der Waals surface area contributed by atoms with Crippen molar-refractivity contribution in [1.82, 2.24) is 0 Å². The van der Waals surface area contributed by atoms with Crippen LogP contribution >= 0.6 is 0 Å². The first-order valence-corrected chi connectivity index (χ1v) is 14.4. The number of Topliss-reactive ketones (excluding diaryl/α,β-unsaturated/α-hetero) is 2. The molecule has 2 N–H and O–H groups in total. The second-order valence-electron chi connectivity index (χ2n) is 12.4. The summed E-state index contributed by atoms with van der Waals surface area (Å²) in [5.74, 6) is -1.53. The number of hydrogen-bond acceptors (Lipinski definition) is 8. The number of rotatable bonds is 14. The first-order valence-electron chi connectivity index (χ1n) is 14.4. The number of aliphatic hydroxyl groups is 1. The topological polar surface area (TPSA) is 136 Å². The van der Waals surface area contributed by atoms with Crippen LogP contribution in [0.1, 0.15) is 93.2 Å². The van der Waals surface area contributed by atoms with E-state index in [1.807, 2.05) is 48.5 Å². The van der Waals surface area contributed by atoms with Crippen molar-refractivity contribution in [2.45, 2.75) is 91.5 Å². The maximum absolute atomic E-state index is 12.2. The van der Waals surface area contributed by atoms with E-state index in [2.05, 4.69) is 4.74 Å². The summed E-state index contributed by atoms with van der Waals surface area (Å²) in [5, 5.41) is 18.6. The monoisotopic (exact) mass is 689 g/mol. The Hall–Kier alpha value is -2.30. The number of carboxylic acid groups (broad SMARTS) is 1. The first kappa shape index (κ1) is 41.7. The zero-order valence-electron chi connectivity index (χ0n) is 27.3. The third kappa shape index (κ3) is 17.9. The predicted molar refractivity (Wildman–Crippen MR) is 164 cm³/mol. The number of esters is 1. The molecule has 0 amide bonds. The molecule has 0 aromatic heterocycles. The largest absolute Gasteiger partial charge is 0.478 e. The number of carbonyl (C=O) groups is 4. The van der Waals surface area contributed by atoms with Gasteiger partial charge >= 0.3 is 11.9 Å². The third-order valence-electron chi connectivity index (χ3n) is 6.27. The number of hydrogen-bond donors (Lipinski definition) is 2. The second-order valence-corrected chi connectivity index (χ2v) is 12.4. The molecule has 2 aromatic carbocycles. The van der Waals surface area contributed by atoms with Crippen molar-refractivity contribution in [2.75, 3.05) is 20.3 Å². The van der Waals surface area contributed by atoms with Crippen molar-refractivity contribution in [3.05, 3.63) is 70.8 Å². The van der Waals surface area contributed by atoms with Crippen molar-refractivity contribution >= 4 is 23.5 Å². The first-order chi connectivity index (χ1) is 19.9. The summed E-state index contributed by atoms with van der Waals surface area (Å²) in [4.78, 5) is 46.1. The number of ether oxygens (including phenoxy) is 3. The molecule has 1 radical (unpaired) electrons. The fraction of sp³-hybridized carbons (Fsp3) is 0.529. The van der Waals surface area contributed by atoms with Crippen LogP contribution in [-0.2, 0) is 69.4 Å². The smallest absolute Gasteiger partial charge is 0.337 e. The van der Waals surface area contributed by atoms with Gasteiger partial charge in [0, 0.05) is 64.5 Å². The van der Waals surface area contributed by atoms with Gasteiger partial charge in [0.1, 0.15) is 11.9 Å². The van der Waals surface area contributed by atoms with Gasteiger partial charge in [0.15, 0.2) is 5.78 Å². The van der Waals surface area contributed by atoms with Crippen LogP contribution in [0.5, 0.6) is 0 Å². The van der Waals surface area contributed by atoms with E-state index < -0.39 is 12.1 Å². The van der Waals surface area contributed by atoms with E-state index in [0.717, 1.165) is 12.0 Å². The van der Waals surface area contributed by atoms with Gasteiger partial charge in [-0.05, 0) is 83.4 Å². The molecule has 0 heterocycles. The van der Waals surface area contributed by atoms with Crippen molar-refractivity contribution in [3.63, 3.8) is 0 Å². The summed E-state index contributed by atoms with van der Waals surface area (Å²) in [7, 11) is 1.35. The molecule has 2 atom stereocenters. The van der Waals surface area contributed by atoms with Crippen LogP contribution in [-0.4, -0.2) is 71.3 Å². The molecule has 0 aliphatic carbocycles. The average molecular weight is 690 g/mol. The maximum atomic E-state index is 12.2. The Morgan fingerprint density at radius 2 is 1.11 bits per heavy atom. The zero-order chi connectivity index (χ0) is 32.8. The number of aliphatic hydroxyl groups excluding tert-OH is 1. The van der Waals surface area contributed by atoms with Gasteiger partial charge in [0.05, 0.1) is 36.0 Å². The van der Waals surface area contributed by atoms with Crippen molar-refractivity contribution in [2.24, 2.45) is 5.92 Å². The molecule has 9 nitrogen and oxygen atoms in total. The quantitative estimate of drug-likeness (QED) is 0.247. The fourth-order valence-electron chi connectivity index (χ4n) is 3.68. The van der Waals surface area contributed by atoms with E-state index in [4.69, 9.17) is 14.6 Å². The summed E-state index contributed by atoms with van der Waals surface area (Å²) >= 11 is 0. The Bertz CT molecular complexity index is 1180. The minimum Gasteiger partial charge on any atom is -0.478 e. The van der Waals surface area contributed by atoms with Crippen LogP contribution in [0, 0.1) is 5.92 Å². The molecule has 10 heteroatoms. The Kier molecular flexibility index (Phi) is 18.9. The number of ketones is 2. The van der Waals surface area contributed by atoms with Gasteiger partial charge in [-0.2, -0.15) is 0 Å². The molecule has 2 rings (SSSR count). The summed E-state index contributed by atoms with van der Waals surface area (Å²) in [5.41, 5.74) is 1.78. The summed E-state index contributed by atoms with van der Waals surface area (Å²) in [6.45, 7) is 14.6. The number of carboxylic acids is 1. The molecule has 0 aliphatic rings. The number of carbonyl (C=O) groups excluding carboxylic acids is 3. The molecule has 0 unspecified atom stereocenters. The molecule has 44 heavy (non-hydrogen) atoms. The average Bonchev–Trinajstić information content (AvgIpc) is 2.92. The number of methoxy groups -OCH3 is 1.